The first-order chi connectivity index (χ1) is 11.1. The second kappa shape index (κ2) is 7.41. The molecule has 2 fully saturated rings. The van der Waals surface area contributed by atoms with Crippen molar-refractivity contribution in [3.8, 4) is 0 Å². The van der Waals surface area contributed by atoms with Crippen molar-refractivity contribution in [3.63, 3.8) is 0 Å². The number of halogens is 1. The average molecular weight is 320 g/mol. The Morgan fingerprint density at radius 1 is 1.26 bits per heavy atom. The molecular formula is C18H25FN2O2. The summed E-state index contributed by atoms with van der Waals surface area (Å²) in [5.41, 5.74) is 0.968. The van der Waals surface area contributed by atoms with E-state index < -0.39 is 0 Å². The van der Waals surface area contributed by atoms with E-state index in [9.17, 15) is 9.18 Å². The van der Waals surface area contributed by atoms with Gasteiger partial charge < -0.3 is 9.64 Å². The smallest absolute Gasteiger partial charge is 0.236 e. The Kier molecular flexibility index (Phi) is 5.28. The minimum absolute atomic E-state index is 0.0857. The fraction of sp³-hybridized carbons (Fsp3) is 0.611. The van der Waals surface area contributed by atoms with E-state index in [-0.39, 0.29) is 17.8 Å². The summed E-state index contributed by atoms with van der Waals surface area (Å²) < 4.78 is 18.8. The highest BCUT2D eigenvalue weighted by Crippen LogP contribution is 2.23. The Bertz CT molecular complexity index is 534. The number of hydrogen-bond acceptors (Lipinski definition) is 3. The monoisotopic (exact) mass is 320 g/mol. The summed E-state index contributed by atoms with van der Waals surface area (Å²) >= 11 is 0. The number of amides is 1. The second-order valence-electron chi connectivity index (χ2n) is 6.73. The van der Waals surface area contributed by atoms with Crippen LogP contribution in [0, 0.1) is 11.7 Å². The van der Waals surface area contributed by atoms with Crippen molar-refractivity contribution in [2.24, 2.45) is 5.92 Å². The van der Waals surface area contributed by atoms with Crippen LogP contribution >= 0.6 is 0 Å². The van der Waals surface area contributed by atoms with Crippen LogP contribution in [0.5, 0.6) is 0 Å². The van der Waals surface area contributed by atoms with Gasteiger partial charge >= 0.3 is 0 Å². The highest BCUT2D eigenvalue weighted by Gasteiger charge is 2.26. The van der Waals surface area contributed by atoms with Gasteiger partial charge in [0.15, 0.2) is 0 Å². The molecule has 1 aromatic rings. The van der Waals surface area contributed by atoms with E-state index >= 15 is 0 Å². The third kappa shape index (κ3) is 4.30. The first kappa shape index (κ1) is 16.4. The molecule has 0 saturated carbocycles. The highest BCUT2D eigenvalue weighted by atomic mass is 19.1. The number of carbonyl (C=O) groups is 1. The summed E-state index contributed by atoms with van der Waals surface area (Å²) in [4.78, 5) is 16.6. The van der Waals surface area contributed by atoms with Gasteiger partial charge in [-0.3, -0.25) is 9.69 Å². The van der Waals surface area contributed by atoms with Crippen molar-refractivity contribution in [3.05, 3.63) is 35.6 Å². The van der Waals surface area contributed by atoms with Gasteiger partial charge in [-0.2, -0.15) is 0 Å². The van der Waals surface area contributed by atoms with E-state index in [4.69, 9.17) is 4.74 Å². The second-order valence-corrected chi connectivity index (χ2v) is 6.73. The number of carbonyl (C=O) groups excluding carboxylic acids is 1. The fourth-order valence-electron chi connectivity index (χ4n) is 3.43. The molecule has 0 radical (unpaired) electrons. The molecule has 2 aliphatic heterocycles. The molecule has 2 heterocycles. The molecule has 126 valence electrons. The first-order valence-electron chi connectivity index (χ1n) is 8.49. The summed E-state index contributed by atoms with van der Waals surface area (Å²) in [7, 11) is 0. The number of likely N-dealkylation sites (tertiary alicyclic amines) is 1. The number of ether oxygens (including phenoxy) is 1. The van der Waals surface area contributed by atoms with E-state index in [1.807, 2.05) is 4.90 Å². The van der Waals surface area contributed by atoms with E-state index in [2.05, 4.69) is 11.8 Å². The third-order valence-electron chi connectivity index (χ3n) is 4.76. The lowest BCUT2D eigenvalue weighted by molar-refractivity contribution is -0.136. The Morgan fingerprint density at radius 2 is 2.04 bits per heavy atom. The van der Waals surface area contributed by atoms with Crippen LogP contribution in [-0.2, 0) is 9.53 Å². The summed E-state index contributed by atoms with van der Waals surface area (Å²) in [5.74, 6) is 0.580. The number of hydrogen-bond donors (Lipinski definition) is 0. The first-order valence-corrected chi connectivity index (χ1v) is 8.49. The van der Waals surface area contributed by atoms with Gasteiger partial charge in [-0.15, -0.1) is 0 Å². The minimum Gasteiger partial charge on any atom is -0.371 e. The standard InChI is InChI=1S/C18H25FN2O2/c1-14-3-2-8-21(11-14)18(22)13-20-9-10-23-17(12-20)15-4-6-16(19)7-5-15/h4-7,14,17H,2-3,8-13H2,1H3. The topological polar surface area (TPSA) is 32.8 Å². The molecule has 3 rings (SSSR count). The lowest BCUT2D eigenvalue weighted by atomic mass is 10.0. The lowest BCUT2D eigenvalue weighted by Gasteiger charge is -2.36. The number of morpholine rings is 1. The SMILES string of the molecule is CC1CCCN(C(=O)CN2CCOC(c3ccc(F)cc3)C2)C1. The molecule has 1 amide bonds. The van der Waals surface area contributed by atoms with E-state index in [1.165, 1.54) is 18.6 Å². The zero-order valence-corrected chi connectivity index (χ0v) is 13.7. The number of benzene rings is 1. The Morgan fingerprint density at radius 3 is 2.78 bits per heavy atom. The maximum absolute atomic E-state index is 13.0. The molecule has 2 unspecified atom stereocenters. The summed E-state index contributed by atoms with van der Waals surface area (Å²) in [5, 5.41) is 0. The predicted molar refractivity (Wildman–Crippen MR) is 86.5 cm³/mol. The molecule has 5 heteroatoms. The van der Waals surface area contributed by atoms with Crippen LogP contribution in [0.1, 0.15) is 31.4 Å². The Balaban J connectivity index is 1.56. The fourth-order valence-corrected chi connectivity index (χ4v) is 3.43. The zero-order chi connectivity index (χ0) is 16.2. The van der Waals surface area contributed by atoms with Gasteiger partial charge in [-0.25, -0.2) is 4.39 Å². The van der Waals surface area contributed by atoms with Gasteiger partial charge in [0.2, 0.25) is 5.91 Å². The van der Waals surface area contributed by atoms with Gasteiger partial charge in [-0.05, 0) is 36.5 Å². The molecular weight excluding hydrogens is 295 g/mol. The van der Waals surface area contributed by atoms with Gasteiger partial charge in [0.25, 0.3) is 0 Å². The van der Waals surface area contributed by atoms with Crippen molar-refractivity contribution < 1.29 is 13.9 Å². The van der Waals surface area contributed by atoms with Crippen molar-refractivity contribution in [1.29, 1.82) is 0 Å². The van der Waals surface area contributed by atoms with Crippen LogP contribution in [0.15, 0.2) is 24.3 Å². The van der Waals surface area contributed by atoms with Gasteiger partial charge in [-0.1, -0.05) is 19.1 Å². The van der Waals surface area contributed by atoms with Gasteiger partial charge in [0, 0.05) is 26.2 Å². The van der Waals surface area contributed by atoms with E-state index in [0.717, 1.165) is 31.6 Å². The molecule has 0 aliphatic carbocycles. The Labute approximate surface area is 137 Å². The van der Waals surface area contributed by atoms with Crippen LogP contribution in [-0.4, -0.2) is 55.0 Å². The van der Waals surface area contributed by atoms with Crippen LogP contribution in [0.3, 0.4) is 0 Å². The molecule has 0 spiro atoms. The molecule has 0 bridgehead atoms. The normalized spacial score (nSPS) is 26.3. The summed E-state index contributed by atoms with van der Waals surface area (Å²) in [6.45, 7) is 6.48. The van der Waals surface area contributed by atoms with E-state index in [1.54, 1.807) is 12.1 Å². The average Bonchev–Trinajstić information content (AvgIpc) is 2.56. The number of nitrogens with zero attached hydrogens (tertiary/aromatic N) is 2. The molecule has 0 aromatic heterocycles. The van der Waals surface area contributed by atoms with Gasteiger partial charge in [0.1, 0.15) is 5.82 Å². The summed E-state index contributed by atoms with van der Waals surface area (Å²) in [6.07, 6.45) is 2.24. The van der Waals surface area contributed by atoms with Crippen LogP contribution in [0.25, 0.3) is 0 Å². The quantitative estimate of drug-likeness (QED) is 0.858. The molecule has 1 aromatic carbocycles. The van der Waals surface area contributed by atoms with Crippen LogP contribution < -0.4 is 0 Å². The zero-order valence-electron chi connectivity index (χ0n) is 13.7. The third-order valence-corrected chi connectivity index (χ3v) is 4.76. The van der Waals surface area contributed by atoms with E-state index in [0.29, 0.717) is 25.6 Å². The molecule has 2 atom stereocenters. The largest absolute Gasteiger partial charge is 0.371 e. The number of piperidine rings is 1. The highest BCUT2D eigenvalue weighted by molar-refractivity contribution is 5.78. The van der Waals surface area contributed by atoms with Crippen LogP contribution in [0.2, 0.25) is 0 Å². The Hall–Kier alpha value is -1.46. The predicted octanol–water partition coefficient (Wildman–Crippen LogP) is 2.46. The minimum atomic E-state index is -0.240. The molecule has 4 nitrogen and oxygen atoms in total. The van der Waals surface area contributed by atoms with Crippen molar-refractivity contribution >= 4 is 5.91 Å². The maximum atomic E-state index is 13.0. The maximum Gasteiger partial charge on any atom is 0.236 e. The number of rotatable bonds is 3. The van der Waals surface area contributed by atoms with Crippen molar-refractivity contribution in [2.45, 2.75) is 25.9 Å². The van der Waals surface area contributed by atoms with Crippen molar-refractivity contribution in [2.75, 3.05) is 39.3 Å². The lowest BCUT2D eigenvalue weighted by Crippen LogP contribution is -2.47. The van der Waals surface area contributed by atoms with Gasteiger partial charge in [0.05, 0.1) is 19.3 Å². The molecule has 23 heavy (non-hydrogen) atoms. The molecule has 2 aliphatic rings. The van der Waals surface area contributed by atoms with Crippen molar-refractivity contribution in [1.82, 2.24) is 9.80 Å². The molecule has 2 saturated heterocycles. The van der Waals surface area contributed by atoms with Crippen LogP contribution in [0.4, 0.5) is 4.39 Å². The molecule has 0 N–H and O–H groups in total. The summed E-state index contributed by atoms with van der Waals surface area (Å²) in [6, 6.07) is 6.44.